The second-order valence-corrected chi connectivity index (χ2v) is 6.52. The highest BCUT2D eigenvalue weighted by atomic mass is 19.1. The molecule has 0 nitrogen and oxygen atoms in total. The Labute approximate surface area is 105 Å². The molecule has 96 valence electrons. The van der Waals surface area contributed by atoms with Gasteiger partial charge in [0, 0.05) is 0 Å². The van der Waals surface area contributed by atoms with Crippen molar-refractivity contribution in [3.8, 4) is 0 Å². The van der Waals surface area contributed by atoms with E-state index < -0.39 is 0 Å². The summed E-state index contributed by atoms with van der Waals surface area (Å²) in [6, 6.07) is 3.89. The van der Waals surface area contributed by atoms with E-state index in [1.165, 1.54) is 0 Å². The van der Waals surface area contributed by atoms with Gasteiger partial charge in [0.25, 0.3) is 0 Å². The second-order valence-electron chi connectivity index (χ2n) is 6.52. The summed E-state index contributed by atoms with van der Waals surface area (Å²) in [4.78, 5) is 0. The minimum absolute atomic E-state index is 0.0000104. The van der Waals surface area contributed by atoms with Crippen molar-refractivity contribution >= 4 is 0 Å². The Morgan fingerprint density at radius 1 is 0.941 bits per heavy atom. The van der Waals surface area contributed by atoms with Crippen LogP contribution in [0, 0.1) is 5.82 Å². The van der Waals surface area contributed by atoms with Crippen molar-refractivity contribution in [2.24, 2.45) is 0 Å². The molecule has 0 unspecified atom stereocenters. The van der Waals surface area contributed by atoms with E-state index in [-0.39, 0.29) is 17.2 Å². The monoisotopic (exact) mass is 236 g/mol. The van der Waals surface area contributed by atoms with Gasteiger partial charge in [-0.05, 0) is 40.0 Å². The summed E-state index contributed by atoms with van der Waals surface area (Å²) < 4.78 is 14.3. The van der Waals surface area contributed by atoms with Gasteiger partial charge < -0.3 is 0 Å². The number of rotatable bonds is 2. The summed E-state index contributed by atoms with van der Waals surface area (Å²) >= 11 is 0. The summed E-state index contributed by atoms with van der Waals surface area (Å²) in [7, 11) is 0. The van der Waals surface area contributed by atoms with E-state index >= 15 is 0 Å². The Kier molecular flexibility index (Phi) is 4.01. The molecule has 0 aliphatic rings. The zero-order valence-corrected chi connectivity index (χ0v) is 12.2. The molecule has 0 fully saturated rings. The highest BCUT2D eigenvalue weighted by molar-refractivity contribution is 5.39. The van der Waals surface area contributed by atoms with E-state index in [4.69, 9.17) is 0 Å². The van der Waals surface area contributed by atoms with Crippen LogP contribution in [-0.4, -0.2) is 0 Å². The number of halogens is 1. The highest BCUT2D eigenvalue weighted by Gasteiger charge is 2.21. The van der Waals surface area contributed by atoms with Crippen LogP contribution in [0.1, 0.15) is 77.0 Å². The topological polar surface area (TPSA) is 0 Å². The molecule has 0 N–H and O–H groups in total. The maximum Gasteiger partial charge on any atom is 0.127 e. The van der Waals surface area contributed by atoms with Crippen molar-refractivity contribution in [2.75, 3.05) is 0 Å². The van der Waals surface area contributed by atoms with Crippen molar-refractivity contribution in [3.05, 3.63) is 34.6 Å². The van der Waals surface area contributed by atoms with Crippen LogP contribution in [0.15, 0.2) is 12.1 Å². The standard InChI is InChI=1S/C16H25F/c1-10(2)13-8-12(16(5,6)7)9-14(17)15(13)11(3)4/h8-11H,1-7H3. The van der Waals surface area contributed by atoms with Crippen LogP contribution >= 0.6 is 0 Å². The molecule has 0 spiro atoms. The second kappa shape index (κ2) is 4.80. The van der Waals surface area contributed by atoms with Gasteiger partial charge in [-0.2, -0.15) is 0 Å². The number of benzene rings is 1. The maximum atomic E-state index is 14.3. The van der Waals surface area contributed by atoms with Crippen LogP contribution in [0.3, 0.4) is 0 Å². The predicted octanol–water partition coefficient (Wildman–Crippen LogP) is 5.37. The predicted molar refractivity (Wildman–Crippen MR) is 73.3 cm³/mol. The molecule has 1 aromatic rings. The smallest absolute Gasteiger partial charge is 0.127 e. The van der Waals surface area contributed by atoms with E-state index in [1.807, 2.05) is 0 Å². The quantitative estimate of drug-likeness (QED) is 0.647. The zero-order chi connectivity index (χ0) is 13.4. The Morgan fingerprint density at radius 3 is 1.82 bits per heavy atom. The molecule has 0 aliphatic heterocycles. The number of hydrogen-bond acceptors (Lipinski definition) is 0. The van der Waals surface area contributed by atoms with Crippen LogP contribution in [0.2, 0.25) is 0 Å². The summed E-state index contributed by atoms with van der Waals surface area (Å²) in [6.45, 7) is 14.8. The van der Waals surface area contributed by atoms with E-state index in [0.29, 0.717) is 5.92 Å². The summed E-state index contributed by atoms with van der Waals surface area (Å²) in [5, 5.41) is 0. The molecule has 1 aromatic carbocycles. The average molecular weight is 236 g/mol. The highest BCUT2D eigenvalue weighted by Crippen LogP contribution is 2.33. The molecule has 0 saturated heterocycles. The number of hydrogen-bond donors (Lipinski definition) is 0. The van der Waals surface area contributed by atoms with Gasteiger partial charge in [-0.15, -0.1) is 0 Å². The molecule has 0 radical (unpaired) electrons. The Hall–Kier alpha value is -0.850. The van der Waals surface area contributed by atoms with Gasteiger partial charge in [0.2, 0.25) is 0 Å². The third kappa shape index (κ3) is 3.08. The van der Waals surface area contributed by atoms with Gasteiger partial charge in [-0.1, -0.05) is 54.5 Å². The molecule has 0 aliphatic carbocycles. The largest absolute Gasteiger partial charge is 0.207 e. The molecular weight excluding hydrogens is 211 g/mol. The van der Waals surface area contributed by atoms with Gasteiger partial charge in [-0.3, -0.25) is 0 Å². The first-order valence-corrected chi connectivity index (χ1v) is 6.48. The Morgan fingerprint density at radius 2 is 1.47 bits per heavy atom. The molecule has 17 heavy (non-hydrogen) atoms. The van der Waals surface area contributed by atoms with Crippen LogP contribution in [0.4, 0.5) is 4.39 Å². The van der Waals surface area contributed by atoms with Crippen LogP contribution in [0.5, 0.6) is 0 Å². The molecule has 1 heteroatoms. The van der Waals surface area contributed by atoms with E-state index in [0.717, 1.165) is 16.7 Å². The SMILES string of the molecule is CC(C)c1cc(C(C)(C)C)cc(F)c1C(C)C. The Balaban J connectivity index is 3.47. The molecule has 0 heterocycles. The first kappa shape index (κ1) is 14.2. The first-order valence-electron chi connectivity index (χ1n) is 6.48. The lowest BCUT2D eigenvalue weighted by Gasteiger charge is -2.24. The van der Waals surface area contributed by atoms with Crippen molar-refractivity contribution in [1.82, 2.24) is 0 Å². The lowest BCUT2D eigenvalue weighted by Crippen LogP contribution is -2.14. The summed E-state index contributed by atoms with van der Waals surface area (Å²) in [6.07, 6.45) is 0. The lowest BCUT2D eigenvalue weighted by atomic mass is 9.81. The fourth-order valence-electron chi connectivity index (χ4n) is 2.16. The van der Waals surface area contributed by atoms with E-state index in [1.54, 1.807) is 6.07 Å². The average Bonchev–Trinajstić information content (AvgIpc) is 2.13. The van der Waals surface area contributed by atoms with Crippen LogP contribution in [-0.2, 0) is 5.41 Å². The molecule has 0 amide bonds. The van der Waals surface area contributed by atoms with Crippen molar-refractivity contribution < 1.29 is 4.39 Å². The van der Waals surface area contributed by atoms with Gasteiger partial charge in [0.05, 0.1) is 0 Å². The van der Waals surface area contributed by atoms with Crippen molar-refractivity contribution in [2.45, 2.75) is 65.7 Å². The lowest BCUT2D eigenvalue weighted by molar-refractivity contribution is 0.554. The zero-order valence-electron chi connectivity index (χ0n) is 12.2. The van der Waals surface area contributed by atoms with E-state index in [2.05, 4.69) is 54.5 Å². The van der Waals surface area contributed by atoms with Gasteiger partial charge in [-0.25, -0.2) is 4.39 Å². The molecule has 0 saturated carbocycles. The normalized spacial score (nSPS) is 12.6. The van der Waals surface area contributed by atoms with Gasteiger partial charge in [0.15, 0.2) is 0 Å². The van der Waals surface area contributed by atoms with Crippen LogP contribution in [0.25, 0.3) is 0 Å². The Bertz CT molecular complexity index is 395. The third-order valence-corrected chi connectivity index (χ3v) is 3.23. The first-order chi connectivity index (χ1) is 7.64. The fourth-order valence-corrected chi connectivity index (χ4v) is 2.16. The molecule has 0 atom stereocenters. The summed E-state index contributed by atoms with van der Waals surface area (Å²) in [5.41, 5.74) is 3.13. The van der Waals surface area contributed by atoms with Crippen molar-refractivity contribution in [1.29, 1.82) is 0 Å². The molecule has 0 aromatic heterocycles. The molecular formula is C16H25F. The maximum absolute atomic E-state index is 14.3. The van der Waals surface area contributed by atoms with Gasteiger partial charge in [0.1, 0.15) is 5.82 Å². The third-order valence-electron chi connectivity index (χ3n) is 3.23. The fraction of sp³-hybridized carbons (Fsp3) is 0.625. The molecule has 1 rings (SSSR count). The molecule has 0 bridgehead atoms. The van der Waals surface area contributed by atoms with Crippen molar-refractivity contribution in [3.63, 3.8) is 0 Å². The van der Waals surface area contributed by atoms with E-state index in [9.17, 15) is 4.39 Å². The summed E-state index contributed by atoms with van der Waals surface area (Å²) in [5.74, 6) is 0.557. The van der Waals surface area contributed by atoms with Gasteiger partial charge >= 0.3 is 0 Å². The van der Waals surface area contributed by atoms with Crippen LogP contribution < -0.4 is 0 Å². The minimum atomic E-state index is -0.0453. The minimum Gasteiger partial charge on any atom is -0.207 e.